The minimum atomic E-state index is -3.68. The van der Waals surface area contributed by atoms with Crippen LogP contribution in [0.1, 0.15) is 38.3 Å². The van der Waals surface area contributed by atoms with Gasteiger partial charge < -0.3 is 5.32 Å². The van der Waals surface area contributed by atoms with Crippen molar-refractivity contribution in [3.8, 4) is 0 Å². The molecule has 4 nitrogen and oxygen atoms in total. The van der Waals surface area contributed by atoms with Gasteiger partial charge in [-0.2, -0.15) is 0 Å². The molecule has 0 aliphatic carbocycles. The van der Waals surface area contributed by atoms with Crippen molar-refractivity contribution in [1.29, 1.82) is 0 Å². The number of nitrogens with one attached hydrogen (secondary N) is 2. The number of hydrogen-bond donors (Lipinski definition) is 2. The summed E-state index contributed by atoms with van der Waals surface area (Å²) < 4.78 is 40.8. The van der Waals surface area contributed by atoms with E-state index in [4.69, 9.17) is 0 Å². The maximum absolute atomic E-state index is 13.9. The summed E-state index contributed by atoms with van der Waals surface area (Å²) in [5, 5.41) is 3.14. The Bertz CT molecular complexity index is 557. The predicted octanol–water partition coefficient (Wildman–Crippen LogP) is 2.32. The molecule has 0 bridgehead atoms. The Morgan fingerprint density at radius 1 is 1.30 bits per heavy atom. The fourth-order valence-electron chi connectivity index (χ4n) is 1.87. The molecule has 0 saturated carbocycles. The molecule has 2 N–H and O–H groups in total. The van der Waals surface area contributed by atoms with Crippen LogP contribution < -0.4 is 10.0 Å². The summed E-state index contributed by atoms with van der Waals surface area (Å²) in [5.74, 6) is -0.495. The first-order valence-electron chi connectivity index (χ1n) is 6.80. The van der Waals surface area contributed by atoms with Crippen LogP contribution in [0, 0.1) is 12.7 Å². The van der Waals surface area contributed by atoms with Crippen LogP contribution in [0.2, 0.25) is 0 Å². The van der Waals surface area contributed by atoms with Crippen molar-refractivity contribution in [2.45, 2.75) is 51.6 Å². The molecule has 0 amide bonds. The van der Waals surface area contributed by atoms with E-state index in [0.29, 0.717) is 12.1 Å². The number of sulfonamides is 1. The molecule has 20 heavy (non-hydrogen) atoms. The van der Waals surface area contributed by atoms with Crippen molar-refractivity contribution < 1.29 is 12.8 Å². The van der Waals surface area contributed by atoms with Crippen LogP contribution in [0.3, 0.4) is 0 Å². The van der Waals surface area contributed by atoms with E-state index < -0.39 is 15.8 Å². The fraction of sp³-hybridized carbons (Fsp3) is 0.571. The highest BCUT2D eigenvalue weighted by atomic mass is 32.2. The summed E-state index contributed by atoms with van der Waals surface area (Å²) in [4.78, 5) is 0.0134. The molecule has 0 saturated heterocycles. The lowest BCUT2D eigenvalue weighted by Gasteiger charge is -2.14. The molecule has 0 spiro atoms. The zero-order valence-electron chi connectivity index (χ0n) is 12.5. The molecule has 1 aromatic carbocycles. The SMILES string of the molecule is CCCNCc1cc(F)c(C)c(S(=O)(=O)NC(C)C)c1. The minimum absolute atomic E-state index is 0.0134. The van der Waals surface area contributed by atoms with Gasteiger partial charge in [0.25, 0.3) is 0 Å². The van der Waals surface area contributed by atoms with Gasteiger partial charge in [0.2, 0.25) is 10.0 Å². The fourth-order valence-corrected chi connectivity index (χ4v) is 3.43. The molecule has 0 aliphatic heterocycles. The molecule has 0 heterocycles. The van der Waals surface area contributed by atoms with E-state index in [2.05, 4.69) is 10.0 Å². The normalized spacial score (nSPS) is 12.1. The lowest BCUT2D eigenvalue weighted by atomic mass is 10.1. The molecule has 0 aliphatic rings. The van der Waals surface area contributed by atoms with Gasteiger partial charge >= 0.3 is 0 Å². The van der Waals surface area contributed by atoms with Gasteiger partial charge in [0.05, 0.1) is 4.90 Å². The summed E-state index contributed by atoms with van der Waals surface area (Å²) >= 11 is 0. The van der Waals surface area contributed by atoms with Crippen molar-refractivity contribution in [2.24, 2.45) is 0 Å². The topological polar surface area (TPSA) is 58.2 Å². The lowest BCUT2D eigenvalue weighted by molar-refractivity contribution is 0.562. The van der Waals surface area contributed by atoms with Gasteiger partial charge in [-0.3, -0.25) is 0 Å². The van der Waals surface area contributed by atoms with Crippen LogP contribution >= 0.6 is 0 Å². The van der Waals surface area contributed by atoms with Gasteiger partial charge in [-0.15, -0.1) is 0 Å². The van der Waals surface area contributed by atoms with Crippen molar-refractivity contribution in [3.05, 3.63) is 29.1 Å². The second-order valence-corrected chi connectivity index (χ2v) is 6.84. The number of hydrogen-bond acceptors (Lipinski definition) is 3. The van der Waals surface area contributed by atoms with Gasteiger partial charge in [0.1, 0.15) is 5.82 Å². The van der Waals surface area contributed by atoms with Gasteiger partial charge in [-0.05, 0) is 51.4 Å². The minimum Gasteiger partial charge on any atom is -0.313 e. The molecule has 114 valence electrons. The largest absolute Gasteiger partial charge is 0.313 e. The molecule has 0 radical (unpaired) electrons. The van der Waals surface area contributed by atoms with E-state index in [1.165, 1.54) is 19.1 Å². The Kier molecular flexibility index (Phi) is 6.10. The second-order valence-electron chi connectivity index (χ2n) is 5.15. The maximum Gasteiger partial charge on any atom is 0.241 e. The van der Waals surface area contributed by atoms with Crippen molar-refractivity contribution >= 4 is 10.0 Å². The van der Waals surface area contributed by atoms with E-state index in [9.17, 15) is 12.8 Å². The molecule has 1 rings (SSSR count). The molecule has 0 unspecified atom stereocenters. The van der Waals surface area contributed by atoms with E-state index in [-0.39, 0.29) is 16.5 Å². The predicted molar refractivity (Wildman–Crippen MR) is 78.6 cm³/mol. The standard InChI is InChI=1S/C14H23FN2O2S/c1-5-6-16-9-12-7-13(15)11(4)14(8-12)20(18,19)17-10(2)3/h7-8,10,16-17H,5-6,9H2,1-4H3. The summed E-state index contributed by atoms with van der Waals surface area (Å²) in [6.07, 6.45) is 0.967. The Morgan fingerprint density at radius 3 is 2.50 bits per heavy atom. The maximum atomic E-state index is 13.9. The van der Waals surface area contributed by atoms with Crippen molar-refractivity contribution in [2.75, 3.05) is 6.54 Å². The third kappa shape index (κ3) is 4.54. The van der Waals surface area contributed by atoms with Crippen molar-refractivity contribution in [3.63, 3.8) is 0 Å². The van der Waals surface area contributed by atoms with E-state index in [1.807, 2.05) is 6.92 Å². The molecular formula is C14H23FN2O2S. The lowest BCUT2D eigenvalue weighted by Crippen LogP contribution is -2.31. The highest BCUT2D eigenvalue weighted by Gasteiger charge is 2.20. The third-order valence-corrected chi connectivity index (χ3v) is 4.58. The highest BCUT2D eigenvalue weighted by Crippen LogP contribution is 2.21. The Balaban J connectivity index is 3.12. The van der Waals surface area contributed by atoms with Crippen LogP contribution in [0.15, 0.2) is 17.0 Å². The summed E-state index contributed by atoms with van der Waals surface area (Å²) in [6.45, 7) is 8.24. The summed E-state index contributed by atoms with van der Waals surface area (Å²) in [7, 11) is -3.68. The third-order valence-electron chi connectivity index (χ3n) is 2.79. The van der Waals surface area contributed by atoms with E-state index >= 15 is 0 Å². The molecule has 6 heteroatoms. The first kappa shape index (κ1) is 17.1. The second kappa shape index (κ2) is 7.15. The Labute approximate surface area is 120 Å². The Morgan fingerprint density at radius 2 is 1.95 bits per heavy atom. The van der Waals surface area contributed by atoms with Crippen LogP contribution in [-0.4, -0.2) is 21.0 Å². The van der Waals surface area contributed by atoms with E-state index in [1.54, 1.807) is 13.8 Å². The smallest absolute Gasteiger partial charge is 0.241 e. The van der Waals surface area contributed by atoms with Crippen molar-refractivity contribution in [1.82, 2.24) is 10.0 Å². The van der Waals surface area contributed by atoms with Gasteiger partial charge in [0, 0.05) is 18.2 Å². The summed E-state index contributed by atoms with van der Waals surface area (Å²) in [6, 6.07) is 2.68. The quantitative estimate of drug-likeness (QED) is 0.760. The number of rotatable bonds is 7. The zero-order chi connectivity index (χ0) is 15.3. The average molecular weight is 302 g/mol. The van der Waals surface area contributed by atoms with Crippen LogP contribution in [0.25, 0.3) is 0 Å². The molecule has 1 aromatic rings. The van der Waals surface area contributed by atoms with Crippen LogP contribution in [0.5, 0.6) is 0 Å². The first-order chi connectivity index (χ1) is 9.27. The average Bonchev–Trinajstić information content (AvgIpc) is 2.31. The van der Waals surface area contributed by atoms with Gasteiger partial charge in [0.15, 0.2) is 0 Å². The van der Waals surface area contributed by atoms with E-state index in [0.717, 1.165) is 13.0 Å². The molecule has 0 aromatic heterocycles. The zero-order valence-corrected chi connectivity index (χ0v) is 13.3. The summed E-state index contributed by atoms with van der Waals surface area (Å²) in [5.41, 5.74) is 0.781. The van der Waals surface area contributed by atoms with Crippen LogP contribution in [-0.2, 0) is 16.6 Å². The van der Waals surface area contributed by atoms with Gasteiger partial charge in [-0.25, -0.2) is 17.5 Å². The Hall–Kier alpha value is -0.980. The monoisotopic (exact) mass is 302 g/mol. The van der Waals surface area contributed by atoms with Crippen LogP contribution in [0.4, 0.5) is 4.39 Å². The van der Waals surface area contributed by atoms with Gasteiger partial charge in [-0.1, -0.05) is 6.92 Å². The first-order valence-corrected chi connectivity index (χ1v) is 8.28. The number of benzene rings is 1. The number of halogens is 1. The molecule has 0 atom stereocenters. The molecular weight excluding hydrogens is 279 g/mol. The highest BCUT2D eigenvalue weighted by molar-refractivity contribution is 7.89. The molecule has 0 fully saturated rings.